The molecule has 2 aromatic carbocycles. The minimum atomic E-state index is -0.166. The Morgan fingerprint density at radius 1 is 1.07 bits per heavy atom. The normalized spacial score (nSPS) is 14.5. The zero-order valence-corrected chi connectivity index (χ0v) is 16.4. The fraction of sp³-hybridized carbons (Fsp3) is 0.409. The van der Waals surface area contributed by atoms with E-state index in [0.29, 0.717) is 6.54 Å². The molecule has 6 heteroatoms. The van der Waals surface area contributed by atoms with Gasteiger partial charge in [-0.3, -0.25) is 4.90 Å². The van der Waals surface area contributed by atoms with Crippen molar-refractivity contribution < 1.29 is 14.3 Å². The van der Waals surface area contributed by atoms with Gasteiger partial charge in [-0.15, -0.1) is 0 Å². The molecule has 28 heavy (non-hydrogen) atoms. The van der Waals surface area contributed by atoms with Gasteiger partial charge in [-0.2, -0.15) is 0 Å². The summed E-state index contributed by atoms with van der Waals surface area (Å²) in [5.41, 5.74) is 2.93. The zero-order chi connectivity index (χ0) is 19.6. The van der Waals surface area contributed by atoms with E-state index in [1.54, 1.807) is 7.11 Å². The Labute approximate surface area is 166 Å². The smallest absolute Gasteiger partial charge is 0.319 e. The number of benzene rings is 2. The number of anilines is 1. The third kappa shape index (κ3) is 6.25. The molecule has 0 spiro atoms. The van der Waals surface area contributed by atoms with E-state index >= 15 is 0 Å². The van der Waals surface area contributed by atoms with Crippen molar-refractivity contribution in [2.75, 3.05) is 51.8 Å². The molecule has 3 rings (SSSR count). The van der Waals surface area contributed by atoms with E-state index in [9.17, 15) is 4.79 Å². The van der Waals surface area contributed by atoms with Crippen molar-refractivity contribution >= 4 is 11.7 Å². The molecule has 1 saturated heterocycles. The van der Waals surface area contributed by atoms with Gasteiger partial charge in [-0.1, -0.05) is 24.3 Å². The minimum Gasteiger partial charge on any atom is -0.497 e. The summed E-state index contributed by atoms with van der Waals surface area (Å²) in [6, 6.07) is 15.6. The summed E-state index contributed by atoms with van der Waals surface area (Å²) in [5, 5.41) is 5.80. The molecule has 1 heterocycles. The van der Waals surface area contributed by atoms with Crippen LogP contribution in [0.25, 0.3) is 11.1 Å². The molecule has 1 aliphatic rings. The number of ether oxygens (including phenoxy) is 2. The van der Waals surface area contributed by atoms with Crippen LogP contribution in [-0.4, -0.2) is 57.4 Å². The number of unbranched alkanes of at least 4 members (excludes halogenated alkanes) is 1. The van der Waals surface area contributed by atoms with Crippen molar-refractivity contribution in [3.63, 3.8) is 0 Å². The SMILES string of the molecule is COc1cccc(-c2ccc(NC(=O)NCCCCN3CCOCC3)cc2)c1. The maximum atomic E-state index is 12.1. The van der Waals surface area contributed by atoms with Gasteiger partial charge in [0.2, 0.25) is 0 Å². The summed E-state index contributed by atoms with van der Waals surface area (Å²) in [6.45, 7) is 5.43. The summed E-state index contributed by atoms with van der Waals surface area (Å²) in [5.74, 6) is 0.827. The van der Waals surface area contributed by atoms with E-state index in [-0.39, 0.29) is 6.03 Å². The standard InChI is InChI=1S/C22H29N3O3/c1-27-21-6-4-5-19(17-21)18-7-9-20(10-8-18)24-22(26)23-11-2-3-12-25-13-15-28-16-14-25/h4-10,17H,2-3,11-16H2,1H3,(H2,23,24,26). The molecule has 150 valence electrons. The average Bonchev–Trinajstić information content (AvgIpc) is 2.75. The number of carbonyl (C=O) groups is 1. The molecule has 1 aliphatic heterocycles. The lowest BCUT2D eigenvalue weighted by Crippen LogP contribution is -2.37. The molecule has 0 saturated carbocycles. The largest absolute Gasteiger partial charge is 0.497 e. The lowest BCUT2D eigenvalue weighted by Gasteiger charge is -2.26. The highest BCUT2D eigenvalue weighted by Crippen LogP contribution is 2.25. The second kappa shape index (κ2) is 10.7. The number of morpholine rings is 1. The number of nitrogens with one attached hydrogen (secondary N) is 2. The fourth-order valence-electron chi connectivity index (χ4n) is 3.21. The van der Waals surface area contributed by atoms with E-state index < -0.39 is 0 Å². The number of nitrogens with zero attached hydrogens (tertiary/aromatic N) is 1. The van der Waals surface area contributed by atoms with Crippen molar-refractivity contribution in [2.45, 2.75) is 12.8 Å². The molecule has 0 aliphatic carbocycles. The summed E-state index contributed by atoms with van der Waals surface area (Å²) < 4.78 is 10.6. The molecule has 2 amide bonds. The first kappa shape index (κ1) is 20.2. The molecule has 0 bridgehead atoms. The lowest BCUT2D eigenvalue weighted by molar-refractivity contribution is 0.0372. The number of hydrogen-bond donors (Lipinski definition) is 2. The van der Waals surface area contributed by atoms with E-state index in [2.05, 4.69) is 15.5 Å². The molecule has 2 aromatic rings. The zero-order valence-electron chi connectivity index (χ0n) is 16.4. The van der Waals surface area contributed by atoms with Crippen molar-refractivity contribution in [3.8, 4) is 16.9 Å². The number of urea groups is 1. The van der Waals surface area contributed by atoms with Crippen LogP contribution < -0.4 is 15.4 Å². The van der Waals surface area contributed by atoms with Crippen LogP contribution in [0.4, 0.5) is 10.5 Å². The second-order valence-corrected chi connectivity index (χ2v) is 6.85. The summed E-state index contributed by atoms with van der Waals surface area (Å²) >= 11 is 0. The Morgan fingerprint density at radius 3 is 2.61 bits per heavy atom. The van der Waals surface area contributed by atoms with Gasteiger partial charge in [0.05, 0.1) is 20.3 Å². The maximum absolute atomic E-state index is 12.1. The Bertz CT molecular complexity index is 743. The molecule has 2 N–H and O–H groups in total. The predicted molar refractivity (Wildman–Crippen MR) is 112 cm³/mol. The van der Waals surface area contributed by atoms with Gasteiger partial charge in [0.25, 0.3) is 0 Å². The van der Waals surface area contributed by atoms with Gasteiger partial charge < -0.3 is 20.1 Å². The molecule has 6 nitrogen and oxygen atoms in total. The molecule has 0 atom stereocenters. The Kier molecular flexibility index (Phi) is 7.70. The van der Waals surface area contributed by atoms with Crippen molar-refractivity contribution in [3.05, 3.63) is 48.5 Å². The quantitative estimate of drug-likeness (QED) is 0.684. The first-order chi connectivity index (χ1) is 13.7. The molecule has 0 unspecified atom stereocenters. The number of carbonyl (C=O) groups excluding carboxylic acids is 1. The van der Waals surface area contributed by atoms with Gasteiger partial charge in [0.1, 0.15) is 5.75 Å². The van der Waals surface area contributed by atoms with E-state index in [1.807, 2.05) is 48.5 Å². The topological polar surface area (TPSA) is 62.8 Å². The van der Waals surface area contributed by atoms with Crippen LogP contribution in [0.2, 0.25) is 0 Å². The summed E-state index contributed by atoms with van der Waals surface area (Å²) in [6.07, 6.45) is 2.05. The van der Waals surface area contributed by atoms with Gasteiger partial charge in [-0.25, -0.2) is 4.79 Å². The highest BCUT2D eigenvalue weighted by atomic mass is 16.5. The second-order valence-electron chi connectivity index (χ2n) is 6.85. The molecular weight excluding hydrogens is 354 g/mol. The van der Waals surface area contributed by atoms with Crippen LogP contribution in [0, 0.1) is 0 Å². The highest BCUT2D eigenvalue weighted by Gasteiger charge is 2.09. The molecule has 0 aromatic heterocycles. The van der Waals surface area contributed by atoms with Crippen molar-refractivity contribution in [1.29, 1.82) is 0 Å². The van der Waals surface area contributed by atoms with Crippen LogP contribution >= 0.6 is 0 Å². The number of hydrogen-bond acceptors (Lipinski definition) is 4. The predicted octanol–water partition coefficient (Wildman–Crippen LogP) is 3.60. The Balaban J connectivity index is 1.38. The number of methoxy groups -OCH3 is 1. The lowest BCUT2D eigenvalue weighted by atomic mass is 10.1. The number of amides is 2. The third-order valence-corrected chi connectivity index (χ3v) is 4.84. The van der Waals surface area contributed by atoms with Crippen molar-refractivity contribution in [1.82, 2.24) is 10.2 Å². The van der Waals surface area contributed by atoms with Gasteiger partial charge in [0.15, 0.2) is 0 Å². The van der Waals surface area contributed by atoms with Crippen LogP contribution in [0.5, 0.6) is 5.75 Å². The molecule has 0 radical (unpaired) electrons. The van der Waals surface area contributed by atoms with E-state index in [4.69, 9.17) is 9.47 Å². The van der Waals surface area contributed by atoms with Crippen LogP contribution in [0.1, 0.15) is 12.8 Å². The monoisotopic (exact) mass is 383 g/mol. The summed E-state index contributed by atoms with van der Waals surface area (Å²) in [4.78, 5) is 14.5. The van der Waals surface area contributed by atoms with Gasteiger partial charge in [0, 0.05) is 25.3 Å². The average molecular weight is 383 g/mol. The van der Waals surface area contributed by atoms with E-state index in [0.717, 1.165) is 68.3 Å². The van der Waals surface area contributed by atoms with Crippen LogP contribution in [0.15, 0.2) is 48.5 Å². The van der Waals surface area contributed by atoms with Gasteiger partial charge >= 0.3 is 6.03 Å². The van der Waals surface area contributed by atoms with Crippen molar-refractivity contribution in [2.24, 2.45) is 0 Å². The van der Waals surface area contributed by atoms with E-state index in [1.165, 1.54) is 0 Å². The molecule has 1 fully saturated rings. The first-order valence-electron chi connectivity index (χ1n) is 9.84. The minimum absolute atomic E-state index is 0.166. The van der Waals surface area contributed by atoms with Crippen LogP contribution in [0.3, 0.4) is 0 Å². The Morgan fingerprint density at radius 2 is 1.86 bits per heavy atom. The fourth-order valence-corrected chi connectivity index (χ4v) is 3.21. The first-order valence-corrected chi connectivity index (χ1v) is 9.84. The van der Waals surface area contributed by atoms with Crippen LogP contribution in [-0.2, 0) is 4.74 Å². The third-order valence-electron chi connectivity index (χ3n) is 4.84. The Hall–Kier alpha value is -2.57. The maximum Gasteiger partial charge on any atom is 0.319 e. The number of rotatable bonds is 8. The molecular formula is C22H29N3O3. The van der Waals surface area contributed by atoms with Gasteiger partial charge in [-0.05, 0) is 54.8 Å². The highest BCUT2D eigenvalue weighted by molar-refractivity contribution is 5.89. The summed E-state index contributed by atoms with van der Waals surface area (Å²) in [7, 11) is 1.66.